The van der Waals surface area contributed by atoms with Crippen molar-refractivity contribution in [3.05, 3.63) is 28.2 Å². The summed E-state index contributed by atoms with van der Waals surface area (Å²) >= 11 is 12.0. The van der Waals surface area contributed by atoms with Crippen LogP contribution in [0.2, 0.25) is 10.0 Å². The lowest BCUT2D eigenvalue weighted by molar-refractivity contribution is -0.132. The van der Waals surface area contributed by atoms with Gasteiger partial charge in [0, 0.05) is 19.5 Å². The molecule has 1 amide bonds. The second kappa shape index (κ2) is 10.2. The van der Waals surface area contributed by atoms with Crippen molar-refractivity contribution in [1.29, 1.82) is 0 Å². The number of hydrogen-bond acceptors (Lipinski definition) is 3. The number of nitrogens with zero attached hydrogens (tertiary/aromatic N) is 1. The minimum atomic E-state index is 0. The second-order valence-corrected chi connectivity index (χ2v) is 6.27. The summed E-state index contributed by atoms with van der Waals surface area (Å²) in [7, 11) is 1.90. The summed E-state index contributed by atoms with van der Waals surface area (Å²) < 4.78 is 5.60. The molecule has 1 aliphatic rings. The molecule has 1 fully saturated rings. The van der Waals surface area contributed by atoms with Crippen molar-refractivity contribution in [3.8, 4) is 5.75 Å². The smallest absolute Gasteiger partial charge is 0.222 e. The lowest BCUT2D eigenvalue weighted by Gasteiger charge is -2.31. The van der Waals surface area contributed by atoms with Crippen LogP contribution in [0.1, 0.15) is 25.7 Å². The molecule has 1 saturated heterocycles. The van der Waals surface area contributed by atoms with Crippen LogP contribution in [-0.2, 0) is 4.79 Å². The molecular weight excluding hydrogens is 359 g/mol. The van der Waals surface area contributed by atoms with Crippen LogP contribution in [0.4, 0.5) is 0 Å². The maximum absolute atomic E-state index is 12.2. The maximum atomic E-state index is 12.2. The Balaban J connectivity index is 0.00000264. The second-order valence-electron chi connectivity index (χ2n) is 5.49. The molecule has 7 heteroatoms. The third-order valence-corrected chi connectivity index (χ3v) is 4.76. The van der Waals surface area contributed by atoms with E-state index in [4.69, 9.17) is 27.9 Å². The molecule has 0 aromatic heterocycles. The number of ether oxygens (including phenoxy) is 1. The van der Waals surface area contributed by atoms with E-state index in [1.807, 2.05) is 11.9 Å². The minimum absolute atomic E-state index is 0. The van der Waals surface area contributed by atoms with E-state index in [1.165, 1.54) is 0 Å². The molecule has 0 bridgehead atoms. The van der Waals surface area contributed by atoms with E-state index in [9.17, 15) is 4.79 Å². The number of carbonyl (C=O) groups is 1. The zero-order valence-electron chi connectivity index (χ0n) is 13.2. The van der Waals surface area contributed by atoms with Crippen LogP contribution in [-0.4, -0.2) is 43.6 Å². The Hall–Kier alpha value is -0.680. The van der Waals surface area contributed by atoms with E-state index in [-0.39, 0.29) is 18.3 Å². The molecule has 0 radical (unpaired) electrons. The summed E-state index contributed by atoms with van der Waals surface area (Å²) in [5.74, 6) is 0.737. The van der Waals surface area contributed by atoms with Crippen molar-refractivity contribution in [1.82, 2.24) is 10.2 Å². The molecule has 1 N–H and O–H groups in total. The zero-order valence-corrected chi connectivity index (χ0v) is 15.5. The van der Waals surface area contributed by atoms with E-state index in [0.29, 0.717) is 41.3 Å². The van der Waals surface area contributed by atoms with Crippen molar-refractivity contribution < 1.29 is 9.53 Å². The van der Waals surface area contributed by atoms with Gasteiger partial charge in [0.05, 0.1) is 11.6 Å². The fourth-order valence-electron chi connectivity index (χ4n) is 2.57. The number of halogens is 3. The van der Waals surface area contributed by atoms with Crippen molar-refractivity contribution in [2.45, 2.75) is 31.7 Å². The molecule has 1 aromatic rings. The molecule has 0 saturated carbocycles. The van der Waals surface area contributed by atoms with Gasteiger partial charge >= 0.3 is 0 Å². The van der Waals surface area contributed by atoms with Crippen LogP contribution < -0.4 is 10.1 Å². The Morgan fingerprint density at radius 2 is 2.04 bits per heavy atom. The standard InChI is InChI=1S/C16H22Cl2N2O2.ClH/c1-20(12-7-9-19-10-8-12)15(21)6-3-11-22-14-5-2-4-13(17)16(14)18;/h2,4-5,12,19H,3,6-11H2,1H3;1H. The van der Waals surface area contributed by atoms with Crippen LogP contribution in [0.3, 0.4) is 0 Å². The third-order valence-electron chi connectivity index (χ3n) is 3.96. The molecule has 0 unspecified atom stereocenters. The van der Waals surface area contributed by atoms with Gasteiger partial charge < -0.3 is 15.0 Å². The van der Waals surface area contributed by atoms with Crippen molar-refractivity contribution >= 4 is 41.5 Å². The third kappa shape index (κ3) is 6.03. The topological polar surface area (TPSA) is 41.6 Å². The van der Waals surface area contributed by atoms with Crippen LogP contribution in [0.15, 0.2) is 18.2 Å². The first-order chi connectivity index (χ1) is 10.6. The summed E-state index contributed by atoms with van der Waals surface area (Å²) in [5.41, 5.74) is 0. The van der Waals surface area contributed by atoms with Gasteiger partial charge in [-0.2, -0.15) is 0 Å². The maximum Gasteiger partial charge on any atom is 0.222 e. The molecule has 1 heterocycles. The predicted octanol–water partition coefficient (Wildman–Crippen LogP) is 3.78. The Bertz CT molecular complexity index is 508. The average molecular weight is 382 g/mol. The quantitative estimate of drug-likeness (QED) is 0.762. The molecule has 2 rings (SSSR count). The highest BCUT2D eigenvalue weighted by Gasteiger charge is 2.21. The highest BCUT2D eigenvalue weighted by Crippen LogP contribution is 2.31. The van der Waals surface area contributed by atoms with E-state index < -0.39 is 0 Å². The van der Waals surface area contributed by atoms with Gasteiger partial charge in [0.15, 0.2) is 0 Å². The summed E-state index contributed by atoms with van der Waals surface area (Å²) in [6, 6.07) is 5.64. The highest BCUT2D eigenvalue weighted by molar-refractivity contribution is 6.42. The Morgan fingerprint density at radius 3 is 2.74 bits per heavy atom. The Kier molecular flexibility index (Phi) is 9.07. The number of amides is 1. The first-order valence-corrected chi connectivity index (χ1v) is 8.38. The average Bonchev–Trinajstić information content (AvgIpc) is 2.55. The van der Waals surface area contributed by atoms with Crippen LogP contribution in [0.5, 0.6) is 5.75 Å². The number of hydrogen-bond donors (Lipinski definition) is 1. The molecule has 0 spiro atoms. The first kappa shape index (κ1) is 20.4. The van der Waals surface area contributed by atoms with Crippen molar-refractivity contribution in [2.24, 2.45) is 0 Å². The van der Waals surface area contributed by atoms with Crippen molar-refractivity contribution in [3.63, 3.8) is 0 Å². The van der Waals surface area contributed by atoms with Crippen LogP contribution >= 0.6 is 35.6 Å². The zero-order chi connectivity index (χ0) is 15.9. The number of carbonyl (C=O) groups excluding carboxylic acids is 1. The molecule has 1 aliphatic heterocycles. The Morgan fingerprint density at radius 1 is 1.35 bits per heavy atom. The van der Waals surface area contributed by atoms with Gasteiger partial charge in [-0.3, -0.25) is 4.79 Å². The van der Waals surface area contributed by atoms with Crippen molar-refractivity contribution in [2.75, 3.05) is 26.7 Å². The summed E-state index contributed by atoms with van der Waals surface area (Å²) in [5, 5.41) is 4.20. The van der Waals surface area contributed by atoms with Gasteiger partial charge in [-0.25, -0.2) is 0 Å². The van der Waals surface area contributed by atoms with E-state index in [0.717, 1.165) is 25.9 Å². The van der Waals surface area contributed by atoms with E-state index in [2.05, 4.69) is 5.32 Å². The normalized spacial score (nSPS) is 14.9. The highest BCUT2D eigenvalue weighted by atomic mass is 35.5. The van der Waals surface area contributed by atoms with Crippen LogP contribution in [0, 0.1) is 0 Å². The Labute approximate surface area is 153 Å². The molecular formula is C16H23Cl3N2O2. The van der Waals surface area contributed by atoms with Gasteiger partial charge in [0.1, 0.15) is 10.8 Å². The number of nitrogens with one attached hydrogen (secondary N) is 1. The molecule has 1 aromatic carbocycles. The summed E-state index contributed by atoms with van der Waals surface area (Å²) in [6.45, 7) is 2.42. The molecule has 4 nitrogen and oxygen atoms in total. The van der Waals surface area contributed by atoms with Gasteiger partial charge in [-0.1, -0.05) is 29.3 Å². The fraction of sp³-hybridized carbons (Fsp3) is 0.562. The molecule has 23 heavy (non-hydrogen) atoms. The lowest BCUT2D eigenvalue weighted by Crippen LogP contribution is -2.43. The minimum Gasteiger partial charge on any atom is -0.492 e. The fourth-order valence-corrected chi connectivity index (χ4v) is 2.92. The number of piperidine rings is 1. The summed E-state index contributed by atoms with van der Waals surface area (Å²) in [6.07, 6.45) is 3.20. The SMILES string of the molecule is CN(C(=O)CCCOc1cccc(Cl)c1Cl)C1CCNCC1.Cl. The molecule has 130 valence electrons. The number of benzene rings is 1. The van der Waals surface area contributed by atoms with Crippen LogP contribution in [0.25, 0.3) is 0 Å². The van der Waals surface area contributed by atoms with Gasteiger partial charge in [-0.05, 0) is 44.5 Å². The monoisotopic (exact) mass is 380 g/mol. The summed E-state index contributed by atoms with van der Waals surface area (Å²) in [4.78, 5) is 14.1. The van der Waals surface area contributed by atoms with Gasteiger partial charge in [0.25, 0.3) is 0 Å². The van der Waals surface area contributed by atoms with E-state index in [1.54, 1.807) is 18.2 Å². The van der Waals surface area contributed by atoms with Gasteiger partial charge in [0.2, 0.25) is 5.91 Å². The lowest BCUT2D eigenvalue weighted by atomic mass is 10.0. The predicted molar refractivity (Wildman–Crippen MR) is 97.1 cm³/mol. The molecule has 0 aliphatic carbocycles. The van der Waals surface area contributed by atoms with E-state index >= 15 is 0 Å². The molecule has 0 atom stereocenters. The largest absolute Gasteiger partial charge is 0.492 e. The van der Waals surface area contributed by atoms with Gasteiger partial charge in [-0.15, -0.1) is 12.4 Å². The first-order valence-electron chi connectivity index (χ1n) is 7.63. The number of rotatable bonds is 6.